The first kappa shape index (κ1) is 15.5. The van der Waals surface area contributed by atoms with Gasteiger partial charge in [0.2, 0.25) is 0 Å². The molecule has 0 radical (unpaired) electrons. The Morgan fingerprint density at radius 2 is 2.00 bits per heavy atom. The summed E-state index contributed by atoms with van der Waals surface area (Å²) in [6.07, 6.45) is -4.34. The van der Waals surface area contributed by atoms with Crippen LogP contribution < -0.4 is 11.1 Å². The molecular weight excluding hydrogens is 257 g/mol. The molecule has 19 heavy (non-hydrogen) atoms. The van der Waals surface area contributed by atoms with E-state index in [9.17, 15) is 18.0 Å². The van der Waals surface area contributed by atoms with Crippen molar-refractivity contribution >= 4 is 11.6 Å². The van der Waals surface area contributed by atoms with Crippen molar-refractivity contribution in [2.24, 2.45) is 5.73 Å². The topological polar surface area (TPSA) is 55.1 Å². The molecule has 1 aromatic carbocycles. The number of rotatable bonds is 4. The van der Waals surface area contributed by atoms with Gasteiger partial charge in [-0.15, -0.1) is 0 Å². The zero-order valence-corrected chi connectivity index (χ0v) is 10.8. The van der Waals surface area contributed by atoms with E-state index in [0.29, 0.717) is 18.5 Å². The number of carbonyl (C=O) groups is 1. The Balaban J connectivity index is 3.07. The lowest BCUT2D eigenvalue weighted by molar-refractivity contribution is -0.167. The second-order valence-corrected chi connectivity index (χ2v) is 4.57. The van der Waals surface area contributed by atoms with Gasteiger partial charge in [-0.2, -0.15) is 13.2 Å². The van der Waals surface area contributed by atoms with E-state index in [2.05, 4.69) is 0 Å². The third kappa shape index (κ3) is 4.24. The van der Waals surface area contributed by atoms with Crippen LogP contribution in [0.15, 0.2) is 18.2 Å². The van der Waals surface area contributed by atoms with Gasteiger partial charge in [0.25, 0.3) is 0 Å². The fourth-order valence-corrected chi connectivity index (χ4v) is 1.73. The van der Waals surface area contributed by atoms with Gasteiger partial charge in [-0.3, -0.25) is 4.79 Å². The summed E-state index contributed by atoms with van der Waals surface area (Å²) in [4.78, 5) is 11.0. The lowest BCUT2D eigenvalue weighted by atomic mass is 9.98. The van der Waals surface area contributed by atoms with Crippen molar-refractivity contribution in [3.05, 3.63) is 29.3 Å². The molecule has 0 aliphatic rings. The molecule has 0 bridgehead atoms. The zero-order chi connectivity index (χ0) is 14.6. The second-order valence-electron chi connectivity index (χ2n) is 4.57. The quantitative estimate of drug-likeness (QED) is 0.887. The molecule has 0 aromatic heterocycles. The van der Waals surface area contributed by atoms with Gasteiger partial charge in [0, 0.05) is 5.69 Å². The number of benzene rings is 1. The lowest BCUT2D eigenvalue weighted by Gasteiger charge is -2.16. The molecule has 0 aliphatic carbocycles. The summed E-state index contributed by atoms with van der Waals surface area (Å²) in [7, 11) is 0. The summed E-state index contributed by atoms with van der Waals surface area (Å²) in [5, 5.41) is 1.93. The third-order valence-corrected chi connectivity index (χ3v) is 2.68. The molecule has 0 unspecified atom stereocenters. The van der Waals surface area contributed by atoms with Gasteiger partial charge in [0.1, 0.15) is 0 Å². The van der Waals surface area contributed by atoms with Crippen molar-refractivity contribution in [1.82, 2.24) is 0 Å². The van der Waals surface area contributed by atoms with Gasteiger partial charge >= 0.3 is 12.1 Å². The maximum Gasteiger partial charge on any atom is 0.471 e. The maximum absolute atomic E-state index is 12.3. The lowest BCUT2D eigenvalue weighted by Crippen LogP contribution is -2.30. The third-order valence-electron chi connectivity index (χ3n) is 2.68. The number of nitrogens with one attached hydrogen (secondary N) is 1. The van der Waals surface area contributed by atoms with Crippen LogP contribution in [0, 0.1) is 0 Å². The Hall–Kier alpha value is -1.56. The molecule has 0 spiro atoms. The van der Waals surface area contributed by atoms with Crippen LogP contribution in [0.5, 0.6) is 0 Å². The summed E-state index contributed by atoms with van der Waals surface area (Å²) in [5.74, 6) is -1.95. The van der Waals surface area contributed by atoms with Gasteiger partial charge in [-0.1, -0.05) is 26.0 Å². The van der Waals surface area contributed by atoms with Crippen LogP contribution in [-0.2, 0) is 11.2 Å². The molecule has 1 rings (SSSR count). The van der Waals surface area contributed by atoms with E-state index in [1.54, 1.807) is 12.1 Å². The number of carbonyl (C=O) groups excluding carboxylic acids is 1. The van der Waals surface area contributed by atoms with E-state index < -0.39 is 12.1 Å². The average molecular weight is 274 g/mol. The molecule has 0 saturated carbocycles. The van der Waals surface area contributed by atoms with Crippen LogP contribution >= 0.6 is 0 Å². The van der Waals surface area contributed by atoms with Crippen LogP contribution in [-0.4, -0.2) is 18.6 Å². The van der Waals surface area contributed by atoms with Crippen LogP contribution in [0.3, 0.4) is 0 Å². The second kappa shape index (κ2) is 6.06. The molecule has 3 N–H and O–H groups in total. The number of halogens is 3. The van der Waals surface area contributed by atoms with E-state index in [4.69, 9.17) is 5.73 Å². The summed E-state index contributed by atoms with van der Waals surface area (Å²) in [6, 6.07) is 5.08. The normalized spacial score (nSPS) is 11.7. The number of nitrogens with two attached hydrogens (primary N) is 1. The Kier molecular flexibility index (Phi) is 4.94. The Morgan fingerprint density at radius 1 is 1.37 bits per heavy atom. The van der Waals surface area contributed by atoms with E-state index in [0.717, 1.165) is 5.56 Å². The van der Waals surface area contributed by atoms with E-state index in [-0.39, 0.29) is 11.6 Å². The van der Waals surface area contributed by atoms with Gasteiger partial charge in [0.05, 0.1) is 0 Å². The Bertz CT molecular complexity index is 456. The fraction of sp³-hybridized carbons (Fsp3) is 0.462. The minimum absolute atomic E-state index is 0.00969. The highest BCUT2D eigenvalue weighted by Gasteiger charge is 2.39. The van der Waals surface area contributed by atoms with Crippen molar-refractivity contribution in [2.45, 2.75) is 32.4 Å². The molecule has 0 fully saturated rings. The highest BCUT2D eigenvalue weighted by Crippen LogP contribution is 2.27. The van der Waals surface area contributed by atoms with E-state index >= 15 is 0 Å². The van der Waals surface area contributed by atoms with Gasteiger partial charge < -0.3 is 11.1 Å². The number of amides is 1. The minimum atomic E-state index is -4.89. The molecule has 1 amide bonds. The maximum atomic E-state index is 12.3. The standard InChI is InChI=1S/C13H17F3N2O/c1-8(2)10-4-3-9(5-6-17)7-11(10)18-12(19)13(14,15)16/h3-4,7-8H,5-6,17H2,1-2H3,(H,18,19). The molecule has 1 aromatic rings. The predicted molar refractivity (Wildman–Crippen MR) is 68.0 cm³/mol. The van der Waals surface area contributed by atoms with Gasteiger partial charge in [-0.25, -0.2) is 0 Å². The number of hydrogen-bond acceptors (Lipinski definition) is 2. The first-order valence-corrected chi connectivity index (χ1v) is 5.96. The molecule has 6 heteroatoms. The summed E-state index contributed by atoms with van der Waals surface area (Å²) < 4.78 is 36.9. The van der Waals surface area contributed by atoms with E-state index in [1.807, 2.05) is 25.2 Å². The largest absolute Gasteiger partial charge is 0.471 e. The van der Waals surface area contributed by atoms with Crippen molar-refractivity contribution in [3.8, 4) is 0 Å². The van der Waals surface area contributed by atoms with Crippen molar-refractivity contribution < 1.29 is 18.0 Å². The van der Waals surface area contributed by atoms with Crippen LogP contribution in [0.4, 0.5) is 18.9 Å². The monoisotopic (exact) mass is 274 g/mol. The highest BCUT2D eigenvalue weighted by atomic mass is 19.4. The molecule has 0 heterocycles. The van der Waals surface area contributed by atoms with Crippen molar-refractivity contribution in [2.75, 3.05) is 11.9 Å². The first-order chi connectivity index (χ1) is 8.75. The Labute approximate surface area is 110 Å². The van der Waals surface area contributed by atoms with Crippen LogP contribution in [0.25, 0.3) is 0 Å². The molecule has 0 saturated heterocycles. The molecule has 0 aliphatic heterocycles. The van der Waals surface area contributed by atoms with Gasteiger partial charge in [0.15, 0.2) is 0 Å². The fourth-order valence-electron chi connectivity index (χ4n) is 1.73. The van der Waals surface area contributed by atoms with Crippen LogP contribution in [0.2, 0.25) is 0 Å². The van der Waals surface area contributed by atoms with Crippen molar-refractivity contribution in [1.29, 1.82) is 0 Å². The predicted octanol–water partition coefficient (Wildman–Crippen LogP) is 2.81. The Morgan fingerprint density at radius 3 is 2.47 bits per heavy atom. The van der Waals surface area contributed by atoms with Gasteiger partial charge in [-0.05, 0) is 36.1 Å². The highest BCUT2D eigenvalue weighted by molar-refractivity contribution is 5.95. The first-order valence-electron chi connectivity index (χ1n) is 5.96. The summed E-state index contributed by atoms with van der Waals surface area (Å²) >= 11 is 0. The van der Waals surface area contributed by atoms with E-state index in [1.165, 1.54) is 0 Å². The minimum Gasteiger partial charge on any atom is -0.330 e. The molecule has 0 atom stereocenters. The SMILES string of the molecule is CC(C)c1ccc(CCN)cc1NC(=O)C(F)(F)F. The molecule has 3 nitrogen and oxygen atoms in total. The van der Waals surface area contributed by atoms with Crippen molar-refractivity contribution in [3.63, 3.8) is 0 Å². The average Bonchev–Trinajstić information content (AvgIpc) is 2.28. The summed E-state index contributed by atoms with van der Waals surface area (Å²) in [6.45, 7) is 4.09. The number of alkyl halides is 3. The molecular formula is C13H17F3N2O. The molecule has 106 valence electrons. The summed E-state index contributed by atoms with van der Waals surface area (Å²) in [5.41, 5.74) is 7.07. The number of anilines is 1. The number of hydrogen-bond donors (Lipinski definition) is 2. The van der Waals surface area contributed by atoms with Crippen LogP contribution in [0.1, 0.15) is 30.9 Å². The zero-order valence-electron chi connectivity index (χ0n) is 10.8. The smallest absolute Gasteiger partial charge is 0.330 e.